The highest BCUT2D eigenvalue weighted by Crippen LogP contribution is 2.42. The predicted molar refractivity (Wildman–Crippen MR) is 178 cm³/mol. The van der Waals surface area contributed by atoms with Gasteiger partial charge in [-0.3, -0.25) is 14.6 Å². The van der Waals surface area contributed by atoms with Crippen LogP contribution in [0.5, 0.6) is 0 Å². The third kappa shape index (κ3) is 11.9. The Morgan fingerprint density at radius 3 is 2.20 bits per heavy atom. The van der Waals surface area contributed by atoms with Gasteiger partial charge in [0.25, 0.3) is 0 Å². The first-order chi connectivity index (χ1) is 21.3. The summed E-state index contributed by atoms with van der Waals surface area (Å²) in [5.74, 6) is 0.850. The average Bonchev–Trinajstić information content (AvgIpc) is 3.75. The van der Waals surface area contributed by atoms with E-state index in [0.29, 0.717) is 23.7 Å². The monoisotopic (exact) mass is 626 g/mol. The summed E-state index contributed by atoms with van der Waals surface area (Å²) in [6.45, 7) is 11.5. The first-order valence-corrected chi connectivity index (χ1v) is 15.9. The molecule has 2 aromatic heterocycles. The molecule has 3 aromatic rings. The number of nitrogens with one attached hydrogen (secondary N) is 3. The van der Waals surface area contributed by atoms with E-state index in [0.717, 1.165) is 42.1 Å². The normalized spacial score (nSPS) is 15.2. The summed E-state index contributed by atoms with van der Waals surface area (Å²) in [7, 11) is 2.17. The lowest BCUT2D eigenvalue weighted by atomic mass is 9.78. The molecule has 1 saturated heterocycles. The Kier molecular flexibility index (Phi) is 16.5. The van der Waals surface area contributed by atoms with Crippen LogP contribution in [-0.4, -0.2) is 54.4 Å². The molecule has 2 aliphatic rings. The van der Waals surface area contributed by atoms with E-state index in [9.17, 15) is 14.0 Å². The van der Waals surface area contributed by atoms with Gasteiger partial charge in [0.1, 0.15) is 11.6 Å². The van der Waals surface area contributed by atoms with Crippen molar-refractivity contribution in [2.45, 2.75) is 71.8 Å². The number of anilines is 2. The Morgan fingerprint density at radius 1 is 1.00 bits per heavy atom. The number of aromatic nitrogens is 2. The highest BCUT2D eigenvalue weighted by atomic mass is 35.5. The number of hydrogen-bond acceptors (Lipinski definition) is 6. The number of carbonyl (C=O) groups excluding carboxylic acids is 2. The van der Waals surface area contributed by atoms with Crippen molar-refractivity contribution in [2.75, 3.05) is 37.3 Å². The minimum atomic E-state index is -0.432. The third-order valence-electron chi connectivity index (χ3n) is 7.43. The van der Waals surface area contributed by atoms with Crippen LogP contribution in [0, 0.1) is 18.7 Å². The van der Waals surface area contributed by atoms with Crippen LogP contribution >= 0.6 is 11.6 Å². The zero-order chi connectivity index (χ0) is 32.4. The molecule has 1 atom stereocenters. The lowest BCUT2D eigenvalue weighted by Crippen LogP contribution is -2.43. The molecule has 1 aromatic carbocycles. The van der Waals surface area contributed by atoms with Gasteiger partial charge in [-0.25, -0.2) is 9.37 Å². The zero-order valence-corrected chi connectivity index (χ0v) is 27.5. The van der Waals surface area contributed by atoms with Gasteiger partial charge in [-0.1, -0.05) is 51.3 Å². The van der Waals surface area contributed by atoms with Gasteiger partial charge in [0.2, 0.25) is 12.8 Å². The Labute approximate surface area is 267 Å². The lowest BCUT2D eigenvalue weighted by Gasteiger charge is -2.37. The molecule has 0 bridgehead atoms. The van der Waals surface area contributed by atoms with E-state index in [1.54, 1.807) is 18.2 Å². The molecule has 2 amide bonds. The maximum absolute atomic E-state index is 14.1. The van der Waals surface area contributed by atoms with Crippen molar-refractivity contribution in [3.63, 3.8) is 0 Å². The Morgan fingerprint density at radius 2 is 1.68 bits per heavy atom. The SMILES string of the molecule is CC.CCNC(CCC1CC1)(c1ccnc(C)c1)c1ccc(F)c(NC=O)c1.CN1CCCC1.O=CNc1ccc(Cl)cn1. The van der Waals surface area contributed by atoms with Gasteiger partial charge in [-0.05, 0) is 113 Å². The molecule has 10 heteroatoms. The molecule has 1 aliphatic carbocycles. The molecule has 5 rings (SSSR count). The van der Waals surface area contributed by atoms with Gasteiger partial charge in [-0.2, -0.15) is 0 Å². The van der Waals surface area contributed by atoms with Crippen LogP contribution in [0.4, 0.5) is 15.9 Å². The minimum Gasteiger partial charge on any atom is -0.326 e. The Balaban J connectivity index is 0.000000305. The van der Waals surface area contributed by atoms with E-state index in [4.69, 9.17) is 11.6 Å². The van der Waals surface area contributed by atoms with E-state index in [1.807, 2.05) is 39.1 Å². The average molecular weight is 627 g/mol. The molecule has 240 valence electrons. The van der Waals surface area contributed by atoms with E-state index < -0.39 is 11.4 Å². The fourth-order valence-corrected chi connectivity index (χ4v) is 5.16. The van der Waals surface area contributed by atoms with Crippen molar-refractivity contribution in [1.82, 2.24) is 20.2 Å². The topological polar surface area (TPSA) is 99.3 Å². The summed E-state index contributed by atoms with van der Waals surface area (Å²) in [6, 6.07) is 12.4. The molecule has 0 radical (unpaired) electrons. The summed E-state index contributed by atoms with van der Waals surface area (Å²) < 4.78 is 14.1. The Hall–Kier alpha value is -3.40. The predicted octanol–water partition coefficient (Wildman–Crippen LogP) is 7.18. The fraction of sp³-hybridized carbons (Fsp3) is 0.471. The molecule has 8 nitrogen and oxygen atoms in total. The van der Waals surface area contributed by atoms with E-state index in [2.05, 4.69) is 50.9 Å². The second kappa shape index (κ2) is 19.8. The number of aryl methyl sites for hydroxylation is 1. The van der Waals surface area contributed by atoms with Crippen molar-refractivity contribution < 1.29 is 14.0 Å². The van der Waals surface area contributed by atoms with Gasteiger partial charge in [0, 0.05) is 18.1 Å². The smallest absolute Gasteiger partial charge is 0.212 e. The van der Waals surface area contributed by atoms with Crippen molar-refractivity contribution in [1.29, 1.82) is 0 Å². The highest BCUT2D eigenvalue weighted by molar-refractivity contribution is 6.30. The molecule has 44 heavy (non-hydrogen) atoms. The minimum absolute atomic E-state index is 0.206. The second-order valence-electron chi connectivity index (χ2n) is 10.7. The van der Waals surface area contributed by atoms with Gasteiger partial charge in [-0.15, -0.1) is 0 Å². The molecule has 1 aliphatic heterocycles. The van der Waals surface area contributed by atoms with Crippen molar-refractivity contribution in [3.8, 4) is 0 Å². The number of benzene rings is 1. The maximum Gasteiger partial charge on any atom is 0.212 e. The Bertz CT molecular complexity index is 1270. The first kappa shape index (κ1) is 36.8. The third-order valence-corrected chi connectivity index (χ3v) is 7.65. The molecule has 2 fully saturated rings. The van der Waals surface area contributed by atoms with Crippen molar-refractivity contribution >= 4 is 35.9 Å². The quantitative estimate of drug-likeness (QED) is 0.195. The number of halogens is 2. The van der Waals surface area contributed by atoms with Crippen LogP contribution < -0.4 is 16.0 Å². The number of likely N-dealkylation sites (tertiary alicyclic amines) is 1. The number of hydrogen-bond donors (Lipinski definition) is 3. The second-order valence-corrected chi connectivity index (χ2v) is 11.1. The van der Waals surface area contributed by atoms with E-state index >= 15 is 0 Å². The highest BCUT2D eigenvalue weighted by Gasteiger charge is 2.36. The number of rotatable bonds is 11. The molecular weight excluding hydrogens is 579 g/mol. The summed E-state index contributed by atoms with van der Waals surface area (Å²) >= 11 is 5.53. The standard InChI is InChI=1S/C21H26FN3O.C6H5ClN2O.C5H11N.C2H6/c1-3-25-21(10-8-16-4-5-16,18-9-11-23-15(2)12-18)17-6-7-19(22)20(13-17)24-14-26;7-5-1-2-6(8-3-5)9-4-10;1-6-4-2-3-5-6;1-2/h6-7,9,11-14,16,25H,3-5,8,10H2,1-2H3,(H,24,26);1-4H,(H,8,9,10);2-5H2,1H3;1-2H3. The maximum atomic E-state index is 14.1. The van der Waals surface area contributed by atoms with Crippen LogP contribution in [0.2, 0.25) is 5.02 Å². The summed E-state index contributed by atoms with van der Waals surface area (Å²) in [5, 5.41) is 9.07. The number of amides is 2. The van der Waals surface area contributed by atoms with Crippen LogP contribution in [-0.2, 0) is 15.1 Å². The van der Waals surface area contributed by atoms with Crippen molar-refractivity contribution in [3.05, 3.63) is 82.5 Å². The summed E-state index contributed by atoms with van der Waals surface area (Å²) in [5.41, 5.74) is 2.80. The zero-order valence-electron chi connectivity index (χ0n) is 26.7. The van der Waals surface area contributed by atoms with Gasteiger partial charge < -0.3 is 20.9 Å². The van der Waals surface area contributed by atoms with Crippen LogP contribution in [0.3, 0.4) is 0 Å². The van der Waals surface area contributed by atoms with Crippen LogP contribution in [0.15, 0.2) is 54.9 Å². The van der Waals surface area contributed by atoms with E-state index in [-0.39, 0.29) is 5.69 Å². The molecule has 3 heterocycles. The molecular formula is C34H48ClFN6O2. The van der Waals surface area contributed by atoms with Crippen LogP contribution in [0.1, 0.15) is 76.1 Å². The lowest BCUT2D eigenvalue weighted by molar-refractivity contribution is -0.106. The van der Waals surface area contributed by atoms with Crippen LogP contribution in [0.25, 0.3) is 0 Å². The number of carbonyl (C=O) groups is 2. The van der Waals surface area contributed by atoms with Gasteiger partial charge in [0.05, 0.1) is 16.2 Å². The van der Waals surface area contributed by atoms with Gasteiger partial charge >= 0.3 is 0 Å². The van der Waals surface area contributed by atoms with Crippen molar-refractivity contribution in [2.24, 2.45) is 5.92 Å². The summed E-state index contributed by atoms with van der Waals surface area (Å²) in [6.07, 6.45) is 11.8. The summed E-state index contributed by atoms with van der Waals surface area (Å²) in [4.78, 5) is 31.2. The number of nitrogens with zero attached hydrogens (tertiary/aromatic N) is 3. The number of pyridine rings is 2. The molecule has 3 N–H and O–H groups in total. The largest absolute Gasteiger partial charge is 0.326 e. The first-order valence-electron chi connectivity index (χ1n) is 15.5. The van der Waals surface area contributed by atoms with Gasteiger partial charge in [0.15, 0.2) is 0 Å². The fourth-order valence-electron chi connectivity index (χ4n) is 5.05. The molecule has 1 saturated carbocycles. The molecule has 0 spiro atoms. The molecule has 1 unspecified atom stereocenters. The van der Waals surface area contributed by atoms with E-state index in [1.165, 1.54) is 51.0 Å².